The molecule has 1 N–H and O–H groups in total. The van der Waals surface area contributed by atoms with Crippen LogP contribution in [0.5, 0.6) is 0 Å². The number of hydrogen-bond donors (Lipinski definition) is 1. The van der Waals surface area contributed by atoms with E-state index in [4.69, 9.17) is 11.6 Å². The number of aliphatic hydroxyl groups excluding tert-OH is 1. The number of aryl methyl sites for hydroxylation is 1. The Morgan fingerprint density at radius 1 is 1.19 bits per heavy atom. The molecule has 0 aromatic heterocycles. The maximum Gasteiger partial charge on any atom is 0.0830 e. The van der Waals surface area contributed by atoms with E-state index in [1.807, 2.05) is 30.3 Å². The second-order valence-electron chi connectivity index (χ2n) is 5.76. The van der Waals surface area contributed by atoms with Crippen molar-refractivity contribution in [2.24, 2.45) is 0 Å². The molecule has 2 aromatic rings. The summed E-state index contributed by atoms with van der Waals surface area (Å²) in [5, 5.41) is 11.2. The smallest absolute Gasteiger partial charge is 0.0830 e. The van der Waals surface area contributed by atoms with Gasteiger partial charge in [0.25, 0.3) is 0 Å². The molecule has 1 aliphatic rings. The second kappa shape index (κ2) is 6.08. The first-order valence-electron chi connectivity index (χ1n) is 7.40. The molecule has 0 fully saturated rings. The molecule has 2 nitrogen and oxygen atoms in total. The first kappa shape index (κ1) is 14.4. The van der Waals surface area contributed by atoms with Crippen LogP contribution in [0.4, 0.5) is 5.69 Å². The molecule has 0 spiro atoms. The van der Waals surface area contributed by atoms with Gasteiger partial charge < -0.3 is 10.0 Å². The van der Waals surface area contributed by atoms with Gasteiger partial charge in [-0.1, -0.05) is 35.9 Å². The minimum atomic E-state index is -0.469. The second-order valence-corrected chi connectivity index (χ2v) is 6.20. The van der Waals surface area contributed by atoms with E-state index in [0.29, 0.717) is 6.42 Å². The van der Waals surface area contributed by atoms with Gasteiger partial charge in [-0.25, -0.2) is 0 Å². The Balaban J connectivity index is 1.78. The van der Waals surface area contributed by atoms with Crippen molar-refractivity contribution in [1.82, 2.24) is 0 Å². The molecule has 0 saturated heterocycles. The van der Waals surface area contributed by atoms with Gasteiger partial charge in [-0.15, -0.1) is 0 Å². The van der Waals surface area contributed by atoms with Crippen molar-refractivity contribution in [3.8, 4) is 0 Å². The van der Waals surface area contributed by atoms with E-state index in [1.165, 1.54) is 17.7 Å². The molecule has 3 rings (SSSR count). The minimum absolute atomic E-state index is 0.469. The van der Waals surface area contributed by atoms with Crippen LogP contribution in [0.25, 0.3) is 0 Å². The van der Waals surface area contributed by atoms with Gasteiger partial charge in [-0.3, -0.25) is 0 Å². The maximum atomic E-state index is 10.5. The average molecular weight is 302 g/mol. The number of hydrogen-bond acceptors (Lipinski definition) is 2. The van der Waals surface area contributed by atoms with Gasteiger partial charge in [-0.05, 0) is 47.7 Å². The van der Waals surface area contributed by atoms with Gasteiger partial charge in [0.05, 0.1) is 6.10 Å². The van der Waals surface area contributed by atoms with Crippen molar-refractivity contribution in [2.45, 2.75) is 25.4 Å². The molecule has 2 aromatic carbocycles. The Hall–Kier alpha value is -1.51. The molecule has 0 bridgehead atoms. The summed E-state index contributed by atoms with van der Waals surface area (Å²) in [6, 6.07) is 14.0. The van der Waals surface area contributed by atoms with E-state index < -0.39 is 6.10 Å². The van der Waals surface area contributed by atoms with Crippen LogP contribution in [0.2, 0.25) is 5.02 Å². The highest BCUT2D eigenvalue weighted by atomic mass is 35.5. The van der Waals surface area contributed by atoms with E-state index in [9.17, 15) is 5.11 Å². The number of benzene rings is 2. The molecule has 0 radical (unpaired) electrons. The van der Waals surface area contributed by atoms with Gasteiger partial charge in [0.1, 0.15) is 0 Å². The number of anilines is 1. The molecule has 1 heterocycles. The molecule has 110 valence electrons. The molecule has 0 saturated carbocycles. The predicted molar refractivity (Wildman–Crippen MR) is 88.1 cm³/mol. The predicted octanol–water partition coefficient (Wildman–Crippen LogP) is 4.00. The van der Waals surface area contributed by atoms with Crippen molar-refractivity contribution >= 4 is 17.3 Å². The lowest BCUT2D eigenvalue weighted by molar-refractivity contribution is 0.178. The van der Waals surface area contributed by atoms with Crippen LogP contribution in [0.1, 0.15) is 29.2 Å². The van der Waals surface area contributed by atoms with Crippen LogP contribution >= 0.6 is 11.6 Å². The molecule has 1 atom stereocenters. The zero-order valence-corrected chi connectivity index (χ0v) is 13.0. The number of fused-ring (bicyclic) bond motifs is 1. The average Bonchev–Trinajstić information content (AvgIpc) is 2.49. The fourth-order valence-corrected chi connectivity index (χ4v) is 3.10. The Kier molecular flexibility index (Phi) is 4.18. The Labute approximate surface area is 131 Å². The summed E-state index contributed by atoms with van der Waals surface area (Å²) in [6.45, 7) is 1.11. The summed E-state index contributed by atoms with van der Waals surface area (Å²) in [7, 11) is 2.13. The summed E-state index contributed by atoms with van der Waals surface area (Å²) < 4.78 is 0. The van der Waals surface area contributed by atoms with E-state index >= 15 is 0 Å². The van der Waals surface area contributed by atoms with E-state index in [1.54, 1.807) is 0 Å². The quantitative estimate of drug-likeness (QED) is 0.926. The van der Waals surface area contributed by atoms with Gasteiger partial charge in [0.15, 0.2) is 0 Å². The van der Waals surface area contributed by atoms with Gasteiger partial charge in [0, 0.05) is 30.7 Å². The fraction of sp³-hybridized carbons (Fsp3) is 0.333. The summed E-state index contributed by atoms with van der Waals surface area (Å²) in [6.07, 6.45) is 2.43. The van der Waals surface area contributed by atoms with Crippen molar-refractivity contribution in [3.63, 3.8) is 0 Å². The number of nitrogens with zero attached hydrogens (tertiary/aromatic N) is 1. The van der Waals surface area contributed by atoms with Gasteiger partial charge in [-0.2, -0.15) is 0 Å². The third-order valence-corrected chi connectivity index (χ3v) is 4.43. The Morgan fingerprint density at radius 3 is 2.71 bits per heavy atom. The lowest BCUT2D eigenvalue weighted by Crippen LogP contribution is -2.24. The fourth-order valence-electron chi connectivity index (χ4n) is 2.97. The van der Waals surface area contributed by atoms with Gasteiger partial charge >= 0.3 is 0 Å². The lowest BCUT2D eigenvalue weighted by Gasteiger charge is -2.28. The number of aliphatic hydroxyl groups is 1. The van der Waals surface area contributed by atoms with Crippen LogP contribution < -0.4 is 4.90 Å². The van der Waals surface area contributed by atoms with Crippen LogP contribution in [0.15, 0.2) is 42.5 Å². The van der Waals surface area contributed by atoms with Crippen molar-refractivity contribution in [1.29, 1.82) is 0 Å². The molecular formula is C18H20ClNO. The molecule has 3 heteroatoms. The zero-order valence-electron chi connectivity index (χ0n) is 12.2. The van der Waals surface area contributed by atoms with Crippen molar-refractivity contribution < 1.29 is 5.11 Å². The zero-order chi connectivity index (χ0) is 14.8. The first-order chi connectivity index (χ1) is 10.1. The highest BCUT2D eigenvalue weighted by Gasteiger charge is 2.16. The van der Waals surface area contributed by atoms with Crippen molar-refractivity contribution in [2.75, 3.05) is 18.5 Å². The van der Waals surface area contributed by atoms with E-state index in [-0.39, 0.29) is 0 Å². The Morgan fingerprint density at radius 2 is 1.95 bits per heavy atom. The van der Waals surface area contributed by atoms with Crippen LogP contribution in [-0.2, 0) is 12.8 Å². The topological polar surface area (TPSA) is 23.5 Å². The Bertz CT molecular complexity index is 624. The third-order valence-electron chi connectivity index (χ3n) is 4.18. The SMILES string of the molecule is CN1CCCc2cc(C(O)Cc3ccc(Cl)cc3)ccc21. The molecule has 1 aliphatic heterocycles. The maximum absolute atomic E-state index is 10.5. The van der Waals surface area contributed by atoms with Crippen LogP contribution in [-0.4, -0.2) is 18.7 Å². The number of rotatable bonds is 3. The van der Waals surface area contributed by atoms with Crippen LogP contribution in [0, 0.1) is 0 Å². The summed E-state index contributed by atoms with van der Waals surface area (Å²) in [5.41, 5.74) is 4.74. The lowest BCUT2D eigenvalue weighted by atomic mass is 9.95. The standard InChI is InChI=1S/C18H20ClNO/c1-20-10-2-3-14-12-15(6-9-17(14)20)18(21)11-13-4-7-16(19)8-5-13/h4-9,12,18,21H,2-3,10-11H2,1H3. The van der Waals surface area contributed by atoms with E-state index in [2.05, 4.69) is 24.1 Å². The molecule has 21 heavy (non-hydrogen) atoms. The molecule has 0 aliphatic carbocycles. The van der Waals surface area contributed by atoms with E-state index in [0.717, 1.165) is 29.1 Å². The molecule has 1 unspecified atom stereocenters. The van der Waals surface area contributed by atoms with Crippen molar-refractivity contribution in [3.05, 3.63) is 64.2 Å². The minimum Gasteiger partial charge on any atom is -0.388 e. The first-order valence-corrected chi connectivity index (χ1v) is 7.78. The molecule has 0 amide bonds. The largest absolute Gasteiger partial charge is 0.388 e. The third kappa shape index (κ3) is 3.22. The monoisotopic (exact) mass is 301 g/mol. The molecular weight excluding hydrogens is 282 g/mol. The number of halogens is 1. The normalized spacial score (nSPS) is 15.7. The van der Waals surface area contributed by atoms with Gasteiger partial charge in [0.2, 0.25) is 0 Å². The highest BCUT2D eigenvalue weighted by molar-refractivity contribution is 6.30. The van der Waals surface area contributed by atoms with Crippen LogP contribution in [0.3, 0.4) is 0 Å². The highest BCUT2D eigenvalue weighted by Crippen LogP contribution is 2.29. The summed E-state index contributed by atoms with van der Waals surface area (Å²) >= 11 is 5.89. The summed E-state index contributed by atoms with van der Waals surface area (Å²) in [5.74, 6) is 0. The summed E-state index contributed by atoms with van der Waals surface area (Å²) in [4.78, 5) is 2.29.